The first-order valence-corrected chi connectivity index (χ1v) is 9.72. The van der Waals surface area contributed by atoms with Crippen LogP contribution in [0, 0.1) is 19.3 Å². The predicted molar refractivity (Wildman–Crippen MR) is 94.4 cm³/mol. The summed E-state index contributed by atoms with van der Waals surface area (Å²) in [6.45, 7) is 3.73. The molecule has 0 aliphatic carbocycles. The first-order chi connectivity index (χ1) is 12.0. The van der Waals surface area contributed by atoms with Gasteiger partial charge in [0.05, 0.1) is 11.5 Å². The minimum atomic E-state index is -3.97. The van der Waals surface area contributed by atoms with E-state index in [-0.39, 0.29) is 23.6 Å². The number of carboxylic acid groups (broad SMARTS) is 1. The lowest BCUT2D eigenvalue weighted by Gasteiger charge is -2.39. The Morgan fingerprint density at radius 2 is 2.00 bits per heavy atom. The number of aryl methyl sites for hydroxylation is 1. The Morgan fingerprint density at radius 3 is 2.54 bits per heavy atom. The third kappa shape index (κ3) is 3.89. The second-order valence-corrected chi connectivity index (χ2v) is 8.34. The molecule has 8 nitrogen and oxygen atoms in total. The van der Waals surface area contributed by atoms with Crippen molar-refractivity contribution in [2.45, 2.75) is 31.6 Å². The van der Waals surface area contributed by atoms with Crippen molar-refractivity contribution in [3.63, 3.8) is 0 Å². The number of amides is 1. The van der Waals surface area contributed by atoms with E-state index in [4.69, 9.17) is 9.88 Å². The van der Waals surface area contributed by atoms with Crippen LogP contribution in [0.4, 0.5) is 0 Å². The Labute approximate surface area is 153 Å². The van der Waals surface area contributed by atoms with Crippen LogP contribution in [-0.2, 0) is 19.6 Å². The molecule has 1 fully saturated rings. The molecule has 2 rings (SSSR count). The summed E-state index contributed by atoms with van der Waals surface area (Å²) in [7, 11) is -2.55. The molecule has 0 saturated carbocycles. The van der Waals surface area contributed by atoms with Crippen molar-refractivity contribution in [2.24, 2.45) is 10.6 Å². The summed E-state index contributed by atoms with van der Waals surface area (Å²) in [4.78, 5) is 26.0. The minimum Gasteiger partial charge on any atom is -0.481 e. The number of aliphatic carboxylic acids is 1. The number of rotatable bonds is 5. The summed E-state index contributed by atoms with van der Waals surface area (Å²) >= 11 is 0. The van der Waals surface area contributed by atoms with Gasteiger partial charge in [-0.2, -0.15) is 0 Å². The first kappa shape index (κ1) is 20.3. The van der Waals surface area contributed by atoms with Crippen LogP contribution >= 0.6 is 0 Å². The minimum absolute atomic E-state index is 0.00146. The predicted octanol–water partition coefficient (Wildman–Crippen LogP) is 0.904. The Morgan fingerprint density at radius 1 is 1.35 bits per heavy atom. The molecule has 144 valence electrons. The van der Waals surface area contributed by atoms with E-state index in [9.17, 15) is 23.1 Å². The lowest BCUT2D eigenvalue weighted by Crippen LogP contribution is -2.52. The molecule has 1 aliphatic rings. The van der Waals surface area contributed by atoms with Crippen LogP contribution in [0.25, 0.3) is 0 Å². The van der Waals surface area contributed by atoms with Crippen molar-refractivity contribution in [3.8, 4) is 0 Å². The van der Waals surface area contributed by atoms with Crippen molar-refractivity contribution < 1.29 is 27.9 Å². The fraction of sp³-hybridized carbons (Fsp3) is 0.529. The lowest BCUT2D eigenvalue weighted by atomic mass is 9.80. The number of hydrogen-bond donors (Lipinski definition) is 2. The number of sulfonamides is 1. The molecule has 9 heteroatoms. The average Bonchev–Trinajstić information content (AvgIpc) is 2.55. The highest BCUT2D eigenvalue weighted by Gasteiger charge is 2.44. The SMILES string of the molecule is COCC1(C(=O)O)CCCN(C(=O)c2cc(C)c(C)c(S(N)(=O)=O)c2)C1. The van der Waals surface area contributed by atoms with Gasteiger partial charge >= 0.3 is 5.97 Å². The van der Waals surface area contributed by atoms with E-state index >= 15 is 0 Å². The fourth-order valence-corrected chi connectivity index (χ4v) is 4.24. The monoisotopic (exact) mass is 384 g/mol. The number of hydrogen-bond acceptors (Lipinski definition) is 5. The van der Waals surface area contributed by atoms with E-state index in [1.54, 1.807) is 19.9 Å². The van der Waals surface area contributed by atoms with Gasteiger partial charge in [-0.1, -0.05) is 0 Å². The molecule has 1 saturated heterocycles. The summed E-state index contributed by atoms with van der Waals surface area (Å²) in [5.74, 6) is -1.43. The van der Waals surface area contributed by atoms with E-state index in [0.717, 1.165) is 0 Å². The van der Waals surface area contributed by atoms with Gasteiger partial charge in [0.25, 0.3) is 5.91 Å². The molecule has 0 radical (unpaired) electrons. The van der Waals surface area contributed by atoms with Gasteiger partial charge in [0.2, 0.25) is 10.0 Å². The summed E-state index contributed by atoms with van der Waals surface area (Å²) in [6.07, 6.45) is 0.934. The Kier molecular flexibility index (Phi) is 5.74. The van der Waals surface area contributed by atoms with Gasteiger partial charge in [0.15, 0.2) is 0 Å². The molecule has 26 heavy (non-hydrogen) atoms. The number of primary sulfonamides is 1. The first-order valence-electron chi connectivity index (χ1n) is 8.17. The summed E-state index contributed by atoms with van der Waals surface area (Å²) in [5.41, 5.74) is 0.126. The van der Waals surface area contributed by atoms with Gasteiger partial charge in [-0.05, 0) is 49.9 Å². The fourth-order valence-electron chi connectivity index (χ4n) is 3.36. The molecule has 1 aliphatic heterocycles. The van der Waals surface area contributed by atoms with Crippen molar-refractivity contribution >= 4 is 21.9 Å². The molecular weight excluding hydrogens is 360 g/mol. The maximum atomic E-state index is 12.9. The van der Waals surface area contributed by atoms with Crippen LogP contribution in [0.2, 0.25) is 0 Å². The van der Waals surface area contributed by atoms with Crippen molar-refractivity contribution in [3.05, 3.63) is 28.8 Å². The van der Waals surface area contributed by atoms with Gasteiger partial charge in [-0.3, -0.25) is 9.59 Å². The van der Waals surface area contributed by atoms with Crippen LogP contribution in [0.15, 0.2) is 17.0 Å². The molecule has 0 bridgehead atoms. The normalized spacial score (nSPS) is 20.8. The van der Waals surface area contributed by atoms with Gasteiger partial charge in [0.1, 0.15) is 5.41 Å². The topological polar surface area (TPSA) is 127 Å². The van der Waals surface area contributed by atoms with Crippen LogP contribution in [-0.4, -0.2) is 57.1 Å². The van der Waals surface area contributed by atoms with E-state index in [2.05, 4.69) is 0 Å². The third-order valence-corrected chi connectivity index (χ3v) is 5.95. The number of piperidine rings is 1. The number of carboxylic acids is 1. The molecule has 1 unspecified atom stereocenters. The number of likely N-dealkylation sites (tertiary alicyclic amines) is 1. The zero-order valence-electron chi connectivity index (χ0n) is 15.1. The maximum absolute atomic E-state index is 12.9. The van der Waals surface area contributed by atoms with Crippen molar-refractivity contribution in [1.82, 2.24) is 4.90 Å². The molecule has 1 aromatic carbocycles. The van der Waals surface area contributed by atoms with Gasteiger partial charge < -0.3 is 14.7 Å². The molecule has 1 atom stereocenters. The number of carbonyl (C=O) groups excluding carboxylic acids is 1. The lowest BCUT2D eigenvalue weighted by molar-refractivity contribution is -0.155. The highest BCUT2D eigenvalue weighted by molar-refractivity contribution is 7.89. The third-order valence-electron chi connectivity index (χ3n) is 4.91. The summed E-state index contributed by atoms with van der Waals surface area (Å²) in [6, 6.07) is 2.85. The second-order valence-electron chi connectivity index (χ2n) is 6.81. The highest BCUT2D eigenvalue weighted by atomic mass is 32.2. The zero-order chi connectivity index (χ0) is 19.7. The number of carbonyl (C=O) groups is 2. The van der Waals surface area contributed by atoms with Crippen molar-refractivity contribution in [1.29, 1.82) is 0 Å². The number of ether oxygens (including phenoxy) is 1. The van der Waals surface area contributed by atoms with Gasteiger partial charge in [0, 0.05) is 25.8 Å². The van der Waals surface area contributed by atoms with Crippen LogP contribution < -0.4 is 5.14 Å². The molecule has 1 amide bonds. The van der Waals surface area contributed by atoms with Crippen molar-refractivity contribution in [2.75, 3.05) is 26.8 Å². The van der Waals surface area contributed by atoms with Gasteiger partial charge in [-0.25, -0.2) is 13.6 Å². The Balaban J connectivity index is 2.40. The average molecular weight is 384 g/mol. The summed E-state index contributed by atoms with van der Waals surface area (Å²) in [5, 5.41) is 14.9. The smallest absolute Gasteiger partial charge is 0.313 e. The second kappa shape index (κ2) is 7.34. The molecule has 3 N–H and O–H groups in total. The Bertz CT molecular complexity index is 832. The molecule has 1 aromatic rings. The van der Waals surface area contributed by atoms with Crippen LogP contribution in [0.5, 0.6) is 0 Å². The summed E-state index contributed by atoms with van der Waals surface area (Å²) < 4.78 is 28.7. The van der Waals surface area contributed by atoms with Gasteiger partial charge in [-0.15, -0.1) is 0 Å². The van der Waals surface area contributed by atoms with E-state index in [1.807, 2.05) is 0 Å². The van der Waals surface area contributed by atoms with Crippen LogP contribution in [0.3, 0.4) is 0 Å². The van der Waals surface area contributed by atoms with E-state index in [0.29, 0.717) is 30.5 Å². The molecule has 1 heterocycles. The van der Waals surface area contributed by atoms with E-state index < -0.39 is 27.3 Å². The highest BCUT2D eigenvalue weighted by Crippen LogP contribution is 2.32. The zero-order valence-corrected chi connectivity index (χ0v) is 15.9. The van der Waals surface area contributed by atoms with E-state index in [1.165, 1.54) is 18.1 Å². The molecule has 0 aromatic heterocycles. The number of methoxy groups -OCH3 is 1. The molecule has 0 spiro atoms. The number of benzene rings is 1. The van der Waals surface area contributed by atoms with Crippen LogP contribution in [0.1, 0.15) is 34.3 Å². The quantitative estimate of drug-likeness (QED) is 0.777. The Hall–Kier alpha value is -1.97. The number of nitrogens with two attached hydrogens (primary N) is 1. The standard InChI is InChI=1S/C17H24N2O6S/c1-11-7-13(8-14(12(11)2)26(18,23)24)15(20)19-6-4-5-17(9-19,10-25-3)16(21)22/h7-8H,4-6,9-10H2,1-3H3,(H,21,22)(H2,18,23,24). The number of nitrogens with zero attached hydrogens (tertiary/aromatic N) is 1. The largest absolute Gasteiger partial charge is 0.481 e. The maximum Gasteiger partial charge on any atom is 0.313 e. The molecular formula is C17H24N2O6S.